The molecule has 0 radical (unpaired) electrons. The van der Waals surface area contributed by atoms with Crippen LogP contribution in [0.4, 0.5) is 73.3 Å². The predicted octanol–water partition coefficient (Wildman–Crippen LogP) is 29.2. The van der Waals surface area contributed by atoms with Gasteiger partial charge in [-0.1, -0.05) is 104 Å². The smallest absolute Gasteiger partial charge is 0.311 e. The van der Waals surface area contributed by atoms with Gasteiger partial charge in [0.25, 0.3) is 0 Å². The first-order valence-electron chi connectivity index (χ1n) is 42.3. The van der Waals surface area contributed by atoms with E-state index in [9.17, 15) is 38.5 Å². The van der Waals surface area contributed by atoms with Crippen molar-refractivity contribution in [1.82, 2.24) is 24.9 Å². The molecule has 0 aliphatic carbocycles. The third kappa shape index (κ3) is 31.4. The highest BCUT2D eigenvalue weighted by molar-refractivity contribution is 6.38. The van der Waals surface area contributed by atoms with Crippen molar-refractivity contribution in [2.75, 3.05) is 82.1 Å². The average molecular weight is 2100 g/mol. The fourth-order valence-electron chi connectivity index (χ4n) is 12.8. The molecule has 726 valence electrons. The van der Waals surface area contributed by atoms with Crippen LogP contribution in [0.25, 0.3) is 30.4 Å². The van der Waals surface area contributed by atoms with Gasteiger partial charge in [-0.05, 0) is 303 Å². The molecule has 15 aromatic rings. The zero-order valence-corrected chi connectivity index (χ0v) is 83.4. The molecule has 36 heteroatoms. The zero-order chi connectivity index (χ0) is 103. The Kier molecular flexibility index (Phi) is 40.4. The summed E-state index contributed by atoms with van der Waals surface area (Å²) in [6.07, 6.45) is 23.7. The molecule has 0 aliphatic heterocycles. The SMILES string of the molecule is COc1cc(C(=O)/C=C/c2cccnc2Nc2ccc(Cl)cc2Cl)cc(OC)c1OC.COc1ccc(C(=O)/C=C/c2cccnc2Nc2ccc(Cl)cc2Cl)cc1N.COc1ccc(C(=O)/C=C/c2cccnc2Nc2ccc(Cl)cc2Cl)cc1OC.COc1ccc(C(=O)/C=C/c2cccnc2Nc2ccc(Cl)cc2Cl)cc1[N+](=O)[O-].O=C(/C=C/c1cccnc1Nc1ccc(F)cc1)c1ccc(Cl)cc1. The quantitative estimate of drug-likeness (QED) is 0.00731. The number of nitro benzene ring substituents is 1. The lowest BCUT2D eigenvalue weighted by atomic mass is 10.1. The molecule has 7 N–H and O–H groups in total. The molecule has 0 aliphatic rings. The highest BCUT2D eigenvalue weighted by atomic mass is 35.5. The normalized spacial score (nSPS) is 10.8. The molecular formula is C107H84Cl9FN12O14. The first-order valence-corrected chi connectivity index (χ1v) is 45.7. The van der Waals surface area contributed by atoms with E-state index in [0.717, 1.165) is 16.7 Å². The summed E-state index contributed by atoms with van der Waals surface area (Å²) in [6.45, 7) is 0. The number of nitrogens with zero attached hydrogens (tertiary/aromatic N) is 6. The summed E-state index contributed by atoms with van der Waals surface area (Å²) in [5.74, 6) is 4.17. The number of hydrogen-bond donors (Lipinski definition) is 6. The second-order valence-electron chi connectivity index (χ2n) is 29.4. The number of carbonyl (C=O) groups excluding carboxylic acids is 5. The Morgan fingerprint density at radius 1 is 0.308 bits per heavy atom. The van der Waals surface area contributed by atoms with E-state index in [-0.39, 0.29) is 46.0 Å². The molecule has 5 heterocycles. The summed E-state index contributed by atoms with van der Waals surface area (Å²) in [4.78, 5) is 94.7. The number of nitro groups is 1. The maximum Gasteiger partial charge on any atom is 0.311 e. The summed E-state index contributed by atoms with van der Waals surface area (Å²) in [6, 6.07) is 68.2. The number of halogens is 10. The standard InChI is InChI=1S/C23H20Cl2N2O4.C22H18Cl2N2O3.C21H15Cl2N3O4.C21H17Cl2N3O2.C20H14ClFN2O/c1-29-20-11-15(12-21(30-2)22(20)31-3)19(28)9-6-14-5-4-10-26-23(14)27-18-8-7-16(24)13-17(18)25;1-28-20-10-6-15(12-21(20)29-2)19(27)9-5-14-4-3-11-25-22(14)26-18-8-7-16(23)13-17(18)24;1-30-20-9-5-14(11-18(20)26(28)29)19(27)8-4-13-3-2-10-24-21(13)25-17-7-6-15(22)12-16(17)23;1-28-20-9-5-14(11-17(20)24)19(27)8-4-13-3-2-10-25-21(13)26-18-7-6-15(22)12-16(18)23;21-16-6-3-14(4-7-16)19(25)12-5-15-2-1-13-23-20(15)24-18-10-8-17(22)9-11-18/h4-13H,1-3H3,(H,26,27);3-13H,1-2H3,(H,25,26);2-12H,1H3,(H,24,25);2-12H,24H2,1H3,(H,25,26);1-13H,(H,23,24)/b9-6+;9-5+;2*8-4+;12-5+. The number of rotatable bonds is 33. The predicted molar refractivity (Wildman–Crippen MR) is 571 cm³/mol. The van der Waals surface area contributed by atoms with Crippen LogP contribution in [-0.4, -0.2) is 109 Å². The number of benzene rings is 10. The molecule has 10 aromatic carbocycles. The summed E-state index contributed by atoms with van der Waals surface area (Å²) in [7, 11) is 10.4. The van der Waals surface area contributed by atoms with Crippen molar-refractivity contribution in [2.24, 2.45) is 0 Å². The zero-order valence-electron chi connectivity index (χ0n) is 76.6. The fraction of sp³-hybridized carbons (Fsp3) is 0.0654. The molecule has 15 rings (SSSR count). The maximum absolute atomic E-state index is 13.0. The number of aromatic nitrogens is 5. The number of nitrogens with one attached hydrogen (secondary N) is 5. The van der Waals surface area contributed by atoms with Crippen molar-refractivity contribution in [1.29, 1.82) is 0 Å². The third-order valence-electron chi connectivity index (χ3n) is 20.0. The van der Waals surface area contributed by atoms with Crippen LogP contribution in [0.3, 0.4) is 0 Å². The number of nitrogens with two attached hydrogens (primary N) is 1. The largest absolute Gasteiger partial charge is 0.495 e. The van der Waals surface area contributed by atoms with Crippen LogP contribution in [0.5, 0.6) is 40.2 Å². The van der Waals surface area contributed by atoms with Gasteiger partial charge in [0.1, 0.15) is 40.7 Å². The topological polar surface area (TPSA) is 344 Å². The molecule has 0 amide bonds. The Hall–Kier alpha value is -15.7. The number of hydrogen-bond acceptors (Lipinski definition) is 25. The van der Waals surface area contributed by atoms with Crippen molar-refractivity contribution in [3.63, 3.8) is 0 Å². The molecule has 0 fully saturated rings. The first kappa shape index (κ1) is 108. The van der Waals surface area contributed by atoms with Gasteiger partial charge in [0, 0.05) is 123 Å². The number of ether oxygens (including phenoxy) is 7. The number of carbonyl (C=O) groups is 5. The second kappa shape index (κ2) is 53.7. The van der Waals surface area contributed by atoms with Crippen molar-refractivity contribution >= 4 is 233 Å². The summed E-state index contributed by atoms with van der Waals surface area (Å²) in [5.41, 5.74) is 14.9. The highest BCUT2D eigenvalue weighted by Crippen LogP contribution is 2.41. The molecule has 0 unspecified atom stereocenters. The summed E-state index contributed by atoms with van der Waals surface area (Å²) < 4.78 is 49.4. The number of methoxy groups -OCH3 is 7. The Balaban J connectivity index is 0.000000171. The van der Waals surface area contributed by atoms with E-state index >= 15 is 0 Å². The van der Waals surface area contributed by atoms with Crippen molar-refractivity contribution in [3.8, 4) is 40.2 Å². The molecule has 0 atom stereocenters. The minimum Gasteiger partial charge on any atom is -0.495 e. The average Bonchev–Trinajstić information content (AvgIpc) is 0.821. The van der Waals surface area contributed by atoms with Gasteiger partial charge >= 0.3 is 5.69 Å². The second-order valence-corrected chi connectivity index (χ2v) is 33.2. The highest BCUT2D eigenvalue weighted by Gasteiger charge is 2.21. The van der Waals surface area contributed by atoms with Gasteiger partial charge in [0.05, 0.1) is 103 Å². The molecule has 26 nitrogen and oxygen atoms in total. The van der Waals surface area contributed by atoms with E-state index in [1.54, 1.807) is 263 Å². The summed E-state index contributed by atoms with van der Waals surface area (Å²) in [5, 5.41) is 31.4. The summed E-state index contributed by atoms with van der Waals surface area (Å²) >= 11 is 54.4. The Labute approximate surface area is 866 Å². The molecule has 5 aromatic heterocycles. The molecular weight excluding hydrogens is 2020 g/mol. The molecule has 0 bridgehead atoms. The van der Waals surface area contributed by atoms with E-state index in [4.69, 9.17) is 143 Å². The Morgan fingerprint density at radius 2 is 0.594 bits per heavy atom. The van der Waals surface area contributed by atoms with Crippen molar-refractivity contribution < 1.29 is 66.4 Å². The van der Waals surface area contributed by atoms with Crippen molar-refractivity contribution in [3.05, 3.63) is 427 Å². The van der Waals surface area contributed by atoms with Gasteiger partial charge in [-0.3, -0.25) is 34.1 Å². The van der Waals surface area contributed by atoms with Crippen LogP contribution in [0.1, 0.15) is 79.6 Å². The third-order valence-corrected chi connectivity index (χ3v) is 22.5. The van der Waals surface area contributed by atoms with E-state index < -0.39 is 10.7 Å². The first-order chi connectivity index (χ1) is 68.9. The van der Waals surface area contributed by atoms with Crippen LogP contribution in [0, 0.1) is 15.9 Å². The van der Waals surface area contributed by atoms with Gasteiger partial charge < -0.3 is 65.5 Å². The van der Waals surface area contributed by atoms with Gasteiger partial charge in [-0.2, -0.15) is 0 Å². The number of ketones is 5. The number of nitrogen functional groups attached to an aromatic ring is 1. The monoisotopic (exact) mass is 2090 g/mol. The molecule has 0 saturated carbocycles. The number of pyridine rings is 5. The molecule has 0 spiro atoms. The van der Waals surface area contributed by atoms with E-state index in [1.807, 2.05) is 24.3 Å². The van der Waals surface area contributed by atoms with Gasteiger partial charge in [-0.25, -0.2) is 29.3 Å². The van der Waals surface area contributed by atoms with Crippen LogP contribution in [0.15, 0.2) is 310 Å². The van der Waals surface area contributed by atoms with Gasteiger partial charge in [0.2, 0.25) is 5.75 Å². The maximum atomic E-state index is 13.0. The van der Waals surface area contributed by atoms with Crippen molar-refractivity contribution in [2.45, 2.75) is 0 Å². The Bertz CT molecular complexity index is 7260. The fourth-order valence-corrected chi connectivity index (χ4v) is 14.8. The van der Waals surface area contributed by atoms with Gasteiger partial charge in [-0.15, -0.1) is 0 Å². The molecule has 143 heavy (non-hydrogen) atoms. The van der Waals surface area contributed by atoms with E-state index in [0.29, 0.717) is 176 Å². The lowest BCUT2D eigenvalue weighted by Gasteiger charge is -2.13. The minimum absolute atomic E-state index is 0.0825. The van der Waals surface area contributed by atoms with Gasteiger partial charge in [0.15, 0.2) is 57.7 Å². The Morgan fingerprint density at radius 3 is 0.916 bits per heavy atom. The lowest BCUT2D eigenvalue weighted by molar-refractivity contribution is -0.385. The van der Waals surface area contributed by atoms with Crippen LogP contribution in [0.2, 0.25) is 45.2 Å². The number of allylic oxidation sites excluding steroid dienone is 5. The van der Waals surface area contributed by atoms with E-state index in [1.165, 1.54) is 103 Å². The molecule has 0 saturated heterocycles. The van der Waals surface area contributed by atoms with Crippen LogP contribution in [-0.2, 0) is 0 Å². The van der Waals surface area contributed by atoms with E-state index in [2.05, 4.69) is 51.5 Å². The number of anilines is 11. The van der Waals surface area contributed by atoms with Crippen LogP contribution < -0.4 is 65.5 Å². The lowest BCUT2D eigenvalue weighted by Crippen LogP contribution is -2.01. The minimum atomic E-state index is -0.599. The van der Waals surface area contributed by atoms with Crippen LogP contribution >= 0.6 is 104 Å².